The molecule has 0 amide bonds. The number of benzene rings is 1. The number of aryl methyl sites for hydroxylation is 1. The predicted molar refractivity (Wildman–Crippen MR) is 75.0 cm³/mol. The van der Waals surface area contributed by atoms with Crippen LogP contribution in [-0.2, 0) is 20.7 Å². The summed E-state index contributed by atoms with van der Waals surface area (Å²) < 4.78 is 10.3. The van der Waals surface area contributed by atoms with Gasteiger partial charge in [0, 0.05) is 0 Å². The van der Waals surface area contributed by atoms with Crippen molar-refractivity contribution in [1.29, 1.82) is 0 Å². The molecule has 0 spiro atoms. The summed E-state index contributed by atoms with van der Waals surface area (Å²) in [4.78, 5) is 10.9. The minimum atomic E-state index is -1.70. The number of carboxylic acids is 1. The summed E-state index contributed by atoms with van der Waals surface area (Å²) >= 11 is 0. The molecule has 22 heavy (non-hydrogen) atoms. The molecular weight excluding hydrogens is 292 g/mol. The SMILES string of the molecule is O=C(O)C1OC(OCCCc2ccccc2)C(O)C(O)C1O. The summed E-state index contributed by atoms with van der Waals surface area (Å²) in [6.07, 6.45) is -6.33. The quantitative estimate of drug-likeness (QED) is 0.525. The largest absolute Gasteiger partial charge is 0.479 e. The first-order chi connectivity index (χ1) is 10.5. The fraction of sp³-hybridized carbons (Fsp3) is 0.533. The molecule has 5 atom stereocenters. The second-order valence-electron chi connectivity index (χ2n) is 5.20. The number of aliphatic carboxylic acids is 1. The van der Waals surface area contributed by atoms with E-state index in [2.05, 4.69) is 0 Å². The molecular formula is C15H20O7. The lowest BCUT2D eigenvalue weighted by Gasteiger charge is -2.38. The predicted octanol–water partition coefficient (Wildman–Crippen LogP) is -0.472. The normalized spacial score (nSPS) is 31.9. The Labute approximate surface area is 127 Å². The van der Waals surface area contributed by atoms with Gasteiger partial charge in [-0.15, -0.1) is 0 Å². The number of hydrogen-bond acceptors (Lipinski definition) is 6. The summed E-state index contributed by atoms with van der Waals surface area (Å²) in [7, 11) is 0. The van der Waals surface area contributed by atoms with Crippen LogP contribution in [0.3, 0.4) is 0 Å². The van der Waals surface area contributed by atoms with E-state index in [1.807, 2.05) is 30.3 Å². The van der Waals surface area contributed by atoms with Crippen molar-refractivity contribution in [1.82, 2.24) is 0 Å². The zero-order chi connectivity index (χ0) is 16.1. The molecule has 1 aromatic rings. The van der Waals surface area contributed by atoms with Gasteiger partial charge in [-0.3, -0.25) is 0 Å². The van der Waals surface area contributed by atoms with E-state index < -0.39 is 36.7 Å². The standard InChI is InChI=1S/C15H20O7/c16-10-11(17)13(14(19)20)22-15(12(10)18)21-8-4-7-9-5-2-1-3-6-9/h1-3,5-6,10-13,15-18H,4,7-8H2,(H,19,20). The summed E-state index contributed by atoms with van der Waals surface area (Å²) in [5.74, 6) is -1.42. The molecule has 1 aliphatic rings. The Kier molecular flexibility index (Phi) is 5.87. The van der Waals surface area contributed by atoms with Crippen molar-refractivity contribution in [3.63, 3.8) is 0 Å². The molecule has 0 saturated carbocycles. The molecule has 1 aromatic carbocycles. The number of carboxylic acid groups (broad SMARTS) is 1. The molecule has 7 nitrogen and oxygen atoms in total. The number of hydrogen-bond donors (Lipinski definition) is 4. The van der Waals surface area contributed by atoms with Crippen LogP contribution in [-0.4, -0.2) is 63.7 Å². The van der Waals surface area contributed by atoms with Gasteiger partial charge >= 0.3 is 5.97 Å². The van der Waals surface area contributed by atoms with E-state index in [1.54, 1.807) is 0 Å². The molecule has 0 bridgehead atoms. The Morgan fingerprint density at radius 2 is 1.77 bits per heavy atom. The molecule has 2 rings (SSSR count). The second-order valence-corrected chi connectivity index (χ2v) is 5.20. The van der Waals surface area contributed by atoms with Gasteiger partial charge in [-0.1, -0.05) is 30.3 Å². The van der Waals surface area contributed by atoms with Crippen molar-refractivity contribution in [2.45, 2.75) is 43.5 Å². The Balaban J connectivity index is 1.82. The van der Waals surface area contributed by atoms with Gasteiger partial charge in [-0.05, 0) is 18.4 Å². The molecule has 122 valence electrons. The van der Waals surface area contributed by atoms with Crippen LogP contribution in [0.15, 0.2) is 30.3 Å². The van der Waals surface area contributed by atoms with E-state index in [0.717, 1.165) is 12.0 Å². The fourth-order valence-corrected chi connectivity index (χ4v) is 2.31. The number of aliphatic hydroxyl groups is 3. The highest BCUT2D eigenvalue weighted by Gasteiger charge is 2.47. The first-order valence-electron chi connectivity index (χ1n) is 7.08. The topological polar surface area (TPSA) is 116 Å². The number of ether oxygens (including phenoxy) is 2. The molecule has 1 fully saturated rings. The lowest BCUT2D eigenvalue weighted by molar-refractivity contribution is -0.294. The average Bonchev–Trinajstić information content (AvgIpc) is 2.51. The first kappa shape index (κ1) is 16.9. The van der Waals surface area contributed by atoms with Crippen LogP contribution in [0.5, 0.6) is 0 Å². The molecule has 0 radical (unpaired) electrons. The maximum Gasteiger partial charge on any atom is 0.335 e. The lowest BCUT2D eigenvalue weighted by atomic mass is 9.99. The van der Waals surface area contributed by atoms with Crippen molar-refractivity contribution in [3.05, 3.63) is 35.9 Å². The van der Waals surface area contributed by atoms with Gasteiger partial charge in [0.2, 0.25) is 0 Å². The molecule has 0 aromatic heterocycles. The van der Waals surface area contributed by atoms with Crippen molar-refractivity contribution < 1.29 is 34.7 Å². The van der Waals surface area contributed by atoms with E-state index in [1.165, 1.54) is 0 Å². The molecule has 1 saturated heterocycles. The molecule has 1 heterocycles. The Hall–Kier alpha value is -1.51. The van der Waals surface area contributed by atoms with E-state index in [9.17, 15) is 20.1 Å². The number of carbonyl (C=O) groups is 1. The Bertz CT molecular complexity index is 478. The van der Waals surface area contributed by atoms with Gasteiger partial charge in [0.05, 0.1) is 6.61 Å². The van der Waals surface area contributed by atoms with Crippen LogP contribution < -0.4 is 0 Å². The summed E-state index contributed by atoms with van der Waals surface area (Å²) in [6, 6.07) is 9.74. The minimum Gasteiger partial charge on any atom is -0.479 e. The van der Waals surface area contributed by atoms with Gasteiger partial charge in [0.15, 0.2) is 12.4 Å². The third kappa shape index (κ3) is 4.02. The smallest absolute Gasteiger partial charge is 0.335 e. The molecule has 1 aliphatic heterocycles. The van der Waals surface area contributed by atoms with Crippen LogP contribution >= 0.6 is 0 Å². The maximum absolute atomic E-state index is 10.9. The molecule has 5 unspecified atom stereocenters. The van der Waals surface area contributed by atoms with Crippen LogP contribution in [0.1, 0.15) is 12.0 Å². The lowest BCUT2D eigenvalue weighted by Crippen LogP contribution is -2.60. The number of rotatable bonds is 6. The highest BCUT2D eigenvalue weighted by Crippen LogP contribution is 2.22. The summed E-state index contributed by atoms with van der Waals surface area (Å²) in [5.41, 5.74) is 1.13. The number of aliphatic hydroxyl groups excluding tert-OH is 3. The second kappa shape index (κ2) is 7.66. The maximum atomic E-state index is 10.9. The minimum absolute atomic E-state index is 0.228. The van der Waals surface area contributed by atoms with Gasteiger partial charge in [0.1, 0.15) is 18.3 Å². The van der Waals surface area contributed by atoms with Gasteiger partial charge in [-0.25, -0.2) is 4.79 Å². The van der Waals surface area contributed by atoms with Gasteiger partial charge in [-0.2, -0.15) is 0 Å². The van der Waals surface area contributed by atoms with E-state index >= 15 is 0 Å². The van der Waals surface area contributed by atoms with Crippen LogP contribution in [0.25, 0.3) is 0 Å². The zero-order valence-electron chi connectivity index (χ0n) is 11.9. The summed E-state index contributed by atoms with van der Waals surface area (Å²) in [5, 5.41) is 37.9. The Morgan fingerprint density at radius 1 is 1.09 bits per heavy atom. The van der Waals surface area contributed by atoms with E-state index in [-0.39, 0.29) is 6.61 Å². The average molecular weight is 312 g/mol. The van der Waals surface area contributed by atoms with E-state index in [4.69, 9.17) is 14.6 Å². The Morgan fingerprint density at radius 3 is 2.41 bits per heavy atom. The third-order valence-electron chi connectivity index (χ3n) is 3.55. The highest BCUT2D eigenvalue weighted by atomic mass is 16.7. The van der Waals surface area contributed by atoms with Crippen molar-refractivity contribution in [2.75, 3.05) is 6.61 Å². The molecule has 0 aliphatic carbocycles. The fourth-order valence-electron chi connectivity index (χ4n) is 2.31. The highest BCUT2D eigenvalue weighted by molar-refractivity contribution is 5.73. The van der Waals surface area contributed by atoms with E-state index in [0.29, 0.717) is 6.42 Å². The van der Waals surface area contributed by atoms with Crippen LogP contribution in [0, 0.1) is 0 Å². The van der Waals surface area contributed by atoms with Crippen molar-refractivity contribution in [3.8, 4) is 0 Å². The van der Waals surface area contributed by atoms with Crippen LogP contribution in [0.4, 0.5) is 0 Å². The molecule has 7 heteroatoms. The van der Waals surface area contributed by atoms with Crippen molar-refractivity contribution >= 4 is 5.97 Å². The molecule has 4 N–H and O–H groups in total. The van der Waals surface area contributed by atoms with Gasteiger partial charge in [0.25, 0.3) is 0 Å². The van der Waals surface area contributed by atoms with Crippen LogP contribution in [0.2, 0.25) is 0 Å². The van der Waals surface area contributed by atoms with Crippen molar-refractivity contribution in [2.24, 2.45) is 0 Å². The summed E-state index contributed by atoms with van der Waals surface area (Å²) in [6.45, 7) is 0.228. The first-order valence-corrected chi connectivity index (χ1v) is 7.08. The zero-order valence-corrected chi connectivity index (χ0v) is 11.9. The third-order valence-corrected chi connectivity index (χ3v) is 3.55. The van der Waals surface area contributed by atoms with Gasteiger partial charge < -0.3 is 29.9 Å². The monoisotopic (exact) mass is 312 g/mol.